The number of hydrogen-bond acceptors (Lipinski definition) is 2. The summed E-state index contributed by atoms with van der Waals surface area (Å²) in [7, 11) is 0. The van der Waals surface area contributed by atoms with Gasteiger partial charge in [-0.1, -0.05) is 0 Å². The van der Waals surface area contributed by atoms with Crippen LogP contribution in [0.5, 0.6) is 0 Å². The number of alkyl halides is 3. The zero-order chi connectivity index (χ0) is 14.5. The smallest absolute Gasteiger partial charge is 0.411 e. The summed E-state index contributed by atoms with van der Waals surface area (Å²) in [6.07, 6.45) is -2.51. The fourth-order valence-electron chi connectivity index (χ4n) is 1.31. The highest BCUT2D eigenvalue weighted by Crippen LogP contribution is 2.17. The van der Waals surface area contributed by atoms with E-state index in [0.29, 0.717) is 0 Å². The third-order valence-electron chi connectivity index (χ3n) is 1.93. The van der Waals surface area contributed by atoms with Crippen molar-refractivity contribution in [1.82, 2.24) is 0 Å². The molecule has 1 N–H and O–H groups in total. The van der Waals surface area contributed by atoms with Gasteiger partial charge in [0.1, 0.15) is 12.4 Å². The number of carboxylic acids is 1. The molecule has 0 atom stereocenters. The molecule has 0 unspecified atom stereocenters. The molecule has 0 amide bonds. The van der Waals surface area contributed by atoms with Gasteiger partial charge >= 0.3 is 12.1 Å². The molecule has 0 heterocycles. The molecule has 0 aliphatic carbocycles. The molecule has 0 aliphatic rings. The van der Waals surface area contributed by atoms with Crippen molar-refractivity contribution in [2.24, 2.45) is 0 Å². The molecular weight excluding hydrogens is 268 g/mol. The van der Waals surface area contributed by atoms with Gasteiger partial charge in [0.25, 0.3) is 0 Å². The van der Waals surface area contributed by atoms with Crippen molar-refractivity contribution in [1.29, 1.82) is 0 Å². The van der Waals surface area contributed by atoms with E-state index in [4.69, 9.17) is 5.11 Å². The van der Waals surface area contributed by atoms with Gasteiger partial charge in [0.15, 0.2) is 0 Å². The molecule has 0 aliphatic heterocycles. The second-order valence-corrected chi connectivity index (χ2v) is 3.67. The first-order valence-electron chi connectivity index (χ1n) is 5.11. The van der Waals surface area contributed by atoms with Crippen molar-refractivity contribution < 1.29 is 32.2 Å². The van der Waals surface area contributed by atoms with Gasteiger partial charge < -0.3 is 9.84 Å². The normalized spacial score (nSPS) is 12.0. The number of hydrogen-bond donors (Lipinski definition) is 1. The molecule has 0 spiro atoms. The van der Waals surface area contributed by atoms with E-state index in [1.165, 1.54) is 6.07 Å². The summed E-state index contributed by atoms with van der Waals surface area (Å²) >= 11 is 0. The monoisotopic (exact) mass is 278 g/mol. The summed E-state index contributed by atoms with van der Waals surface area (Å²) in [4.78, 5) is 10.3. The average molecular weight is 278 g/mol. The molecule has 0 aromatic heterocycles. The molecule has 0 fully saturated rings. The highest BCUT2D eigenvalue weighted by Gasteiger charge is 2.27. The lowest BCUT2D eigenvalue weighted by Gasteiger charge is -2.08. The topological polar surface area (TPSA) is 46.5 Å². The summed E-state index contributed by atoms with van der Waals surface area (Å²) in [5, 5.41) is 8.41. The average Bonchev–Trinajstić information content (AvgIpc) is 2.24. The van der Waals surface area contributed by atoms with Crippen LogP contribution in [0, 0.1) is 5.82 Å². The Balaban J connectivity index is 2.71. The van der Waals surface area contributed by atoms with Gasteiger partial charge in [0.05, 0.1) is 6.61 Å². The fraction of sp³-hybridized carbons (Fsp3) is 0.250. The predicted molar refractivity (Wildman–Crippen MR) is 58.8 cm³/mol. The van der Waals surface area contributed by atoms with Crippen LogP contribution < -0.4 is 0 Å². The van der Waals surface area contributed by atoms with Crippen molar-refractivity contribution >= 4 is 12.0 Å². The van der Waals surface area contributed by atoms with E-state index in [1.807, 2.05) is 0 Å². The maximum Gasteiger partial charge on any atom is 0.411 e. The lowest BCUT2D eigenvalue weighted by Crippen LogP contribution is -2.16. The molecule has 0 saturated carbocycles. The first-order valence-corrected chi connectivity index (χ1v) is 5.11. The molecule has 0 bridgehead atoms. The fourth-order valence-corrected chi connectivity index (χ4v) is 1.31. The van der Waals surface area contributed by atoms with Crippen LogP contribution in [0.2, 0.25) is 0 Å². The van der Waals surface area contributed by atoms with E-state index >= 15 is 0 Å². The van der Waals surface area contributed by atoms with E-state index < -0.39 is 31.2 Å². The molecule has 104 valence electrons. The SMILES string of the molecule is O=C(O)C=Cc1cc(F)cc(COCC(F)(F)F)c1. The number of rotatable bonds is 5. The van der Waals surface area contributed by atoms with Crippen LogP contribution in [0.4, 0.5) is 17.6 Å². The zero-order valence-electron chi connectivity index (χ0n) is 9.58. The lowest BCUT2D eigenvalue weighted by atomic mass is 10.1. The van der Waals surface area contributed by atoms with Crippen LogP contribution in [0.15, 0.2) is 24.3 Å². The van der Waals surface area contributed by atoms with E-state index in [2.05, 4.69) is 4.74 Å². The van der Waals surface area contributed by atoms with Gasteiger partial charge in [-0.15, -0.1) is 0 Å². The van der Waals surface area contributed by atoms with Gasteiger partial charge in [-0.25, -0.2) is 9.18 Å². The highest BCUT2D eigenvalue weighted by atomic mass is 19.4. The minimum Gasteiger partial charge on any atom is -0.478 e. The Kier molecular flexibility index (Phi) is 5.05. The molecule has 3 nitrogen and oxygen atoms in total. The van der Waals surface area contributed by atoms with Crippen molar-refractivity contribution in [3.8, 4) is 0 Å². The molecule has 1 rings (SSSR count). The number of ether oxygens (including phenoxy) is 1. The van der Waals surface area contributed by atoms with Crippen LogP contribution in [0.25, 0.3) is 6.08 Å². The Morgan fingerprint density at radius 3 is 2.58 bits per heavy atom. The van der Waals surface area contributed by atoms with Gasteiger partial charge in [0.2, 0.25) is 0 Å². The molecule has 19 heavy (non-hydrogen) atoms. The summed E-state index contributed by atoms with van der Waals surface area (Å²) in [5.74, 6) is -1.89. The third kappa shape index (κ3) is 6.56. The lowest BCUT2D eigenvalue weighted by molar-refractivity contribution is -0.176. The van der Waals surface area contributed by atoms with Crippen LogP contribution in [0.3, 0.4) is 0 Å². The standard InChI is InChI=1S/C12H10F4O3/c13-10-4-8(1-2-11(17)18)3-9(5-10)6-19-7-12(14,15)16/h1-5H,6-7H2,(H,17,18). The highest BCUT2D eigenvalue weighted by molar-refractivity contribution is 5.85. The Labute approximate surface area is 106 Å². The zero-order valence-corrected chi connectivity index (χ0v) is 9.58. The molecule has 1 aromatic carbocycles. The van der Waals surface area contributed by atoms with Gasteiger partial charge in [-0.3, -0.25) is 0 Å². The van der Waals surface area contributed by atoms with Gasteiger partial charge in [-0.2, -0.15) is 13.2 Å². The van der Waals surface area contributed by atoms with Crippen molar-refractivity contribution in [2.45, 2.75) is 12.8 Å². The van der Waals surface area contributed by atoms with Gasteiger partial charge in [0, 0.05) is 6.08 Å². The second-order valence-electron chi connectivity index (χ2n) is 3.67. The second kappa shape index (κ2) is 6.33. The predicted octanol–water partition coefficient (Wildman–Crippen LogP) is 3.00. The number of halogens is 4. The number of carboxylic acid groups (broad SMARTS) is 1. The molecule has 7 heteroatoms. The Morgan fingerprint density at radius 1 is 1.32 bits per heavy atom. The van der Waals surface area contributed by atoms with Gasteiger partial charge in [-0.05, 0) is 35.4 Å². The molecular formula is C12H10F4O3. The summed E-state index contributed by atoms with van der Waals surface area (Å²) in [6.45, 7) is -1.84. The first-order chi connectivity index (χ1) is 8.76. The van der Waals surface area contributed by atoms with Crippen LogP contribution in [-0.4, -0.2) is 23.9 Å². The van der Waals surface area contributed by atoms with E-state index in [9.17, 15) is 22.4 Å². The van der Waals surface area contributed by atoms with Crippen LogP contribution in [0.1, 0.15) is 11.1 Å². The summed E-state index contributed by atoms with van der Waals surface area (Å²) < 4.78 is 53.1. The van der Waals surface area contributed by atoms with E-state index in [-0.39, 0.29) is 11.1 Å². The molecule has 1 aromatic rings. The summed E-state index contributed by atoms with van der Waals surface area (Å²) in [5.41, 5.74) is 0.419. The Bertz CT molecular complexity index is 480. The largest absolute Gasteiger partial charge is 0.478 e. The van der Waals surface area contributed by atoms with Crippen LogP contribution in [-0.2, 0) is 16.1 Å². The summed E-state index contributed by atoms with van der Waals surface area (Å²) in [6, 6.07) is 3.43. The maximum atomic E-state index is 13.2. The maximum absolute atomic E-state index is 13.2. The Morgan fingerprint density at radius 2 is 2.00 bits per heavy atom. The van der Waals surface area contributed by atoms with Crippen molar-refractivity contribution in [3.63, 3.8) is 0 Å². The molecule has 0 radical (unpaired) electrons. The Hall–Kier alpha value is -1.89. The quantitative estimate of drug-likeness (QED) is 0.665. The van der Waals surface area contributed by atoms with E-state index in [0.717, 1.165) is 24.3 Å². The minimum atomic E-state index is -4.45. The number of benzene rings is 1. The number of carbonyl (C=O) groups is 1. The van der Waals surface area contributed by atoms with Crippen molar-refractivity contribution in [3.05, 3.63) is 41.2 Å². The van der Waals surface area contributed by atoms with Crippen LogP contribution >= 0.6 is 0 Å². The minimum absolute atomic E-state index is 0.189. The third-order valence-corrected chi connectivity index (χ3v) is 1.93. The number of aliphatic carboxylic acids is 1. The van der Waals surface area contributed by atoms with Crippen molar-refractivity contribution in [2.75, 3.05) is 6.61 Å². The molecule has 0 saturated heterocycles. The van der Waals surface area contributed by atoms with E-state index in [1.54, 1.807) is 0 Å². The first kappa shape index (κ1) is 15.2.